The Hall–Kier alpha value is -5.48. The summed E-state index contributed by atoms with van der Waals surface area (Å²) >= 11 is 0. The van der Waals surface area contributed by atoms with Crippen LogP contribution in [-0.4, -0.2) is 0 Å². The minimum Gasteiger partial charge on any atom is -0.354 e. The van der Waals surface area contributed by atoms with Gasteiger partial charge in [-0.25, -0.2) is 0 Å². The second kappa shape index (κ2) is 13.9. The number of rotatable bonds is 8. The Morgan fingerprint density at radius 2 is 0.600 bits per heavy atom. The van der Waals surface area contributed by atoms with Crippen molar-refractivity contribution in [2.24, 2.45) is 0 Å². The largest absolute Gasteiger partial charge is 0.354 e. The third kappa shape index (κ3) is 7.53. The van der Waals surface area contributed by atoms with Crippen molar-refractivity contribution in [3.05, 3.63) is 176 Å². The fourth-order valence-corrected chi connectivity index (χ4v) is 4.13. The number of hydrogen-bond donors (Lipinski definition) is 3. The van der Waals surface area contributed by atoms with Gasteiger partial charge in [0.1, 0.15) is 0 Å². The molecule has 0 aliphatic heterocycles. The monoisotopic (exact) mass is 520 g/mol. The summed E-state index contributed by atoms with van der Waals surface area (Å²) in [5.41, 5.74) is 11.0. The van der Waals surface area contributed by atoms with Crippen LogP contribution in [0.25, 0.3) is 0 Å². The second-order valence-electron chi connectivity index (χ2n) is 9.01. The zero-order valence-electron chi connectivity index (χ0n) is 22.2. The number of benzene rings is 6. The van der Waals surface area contributed by atoms with E-state index in [0.29, 0.717) is 0 Å². The van der Waals surface area contributed by atoms with Crippen LogP contribution in [0, 0.1) is 0 Å². The second-order valence-corrected chi connectivity index (χ2v) is 9.01. The van der Waals surface area contributed by atoms with Crippen molar-refractivity contribution in [2.45, 2.75) is 0 Å². The van der Waals surface area contributed by atoms with Crippen molar-refractivity contribution in [2.75, 3.05) is 21.1 Å². The minimum absolute atomic E-state index is 1.06. The molecule has 0 heterocycles. The third-order valence-corrected chi connectivity index (χ3v) is 6.08. The van der Waals surface area contributed by atoms with Crippen LogP contribution < -0.4 is 21.1 Å². The summed E-state index contributed by atoms with van der Waals surface area (Å²) in [4.78, 5) is 0. The highest BCUT2D eigenvalue weighted by atomic mass is 15.5. The van der Waals surface area contributed by atoms with Gasteiger partial charge in [-0.2, -0.15) is 0 Å². The van der Waals surface area contributed by atoms with Crippen LogP contribution in [-0.2, 0) is 0 Å². The quantitative estimate of drug-likeness (QED) is 0.175. The average Bonchev–Trinajstić information content (AvgIpc) is 3.04. The molecule has 0 amide bonds. The minimum atomic E-state index is 1.06. The molecule has 6 aromatic carbocycles. The Labute approximate surface area is 236 Å². The van der Waals surface area contributed by atoms with Gasteiger partial charge in [0.25, 0.3) is 0 Å². The number of para-hydroxylation sites is 7. The van der Waals surface area contributed by atoms with E-state index in [-0.39, 0.29) is 0 Å². The summed E-state index contributed by atoms with van der Waals surface area (Å²) in [7, 11) is 0. The Morgan fingerprint density at radius 1 is 0.300 bits per heavy atom. The Kier molecular flexibility index (Phi) is 9.08. The molecule has 0 fully saturated rings. The molecule has 0 aliphatic carbocycles. The first-order valence-corrected chi connectivity index (χ1v) is 13.3. The summed E-state index contributed by atoms with van der Waals surface area (Å²) in [5, 5.41) is 8.94. The molecule has 4 nitrogen and oxygen atoms in total. The molecular formula is C36H32N4. The Balaban J connectivity index is 0.000000161. The van der Waals surface area contributed by atoms with Crippen LogP contribution >= 0.6 is 0 Å². The zero-order valence-corrected chi connectivity index (χ0v) is 22.2. The van der Waals surface area contributed by atoms with Gasteiger partial charge >= 0.3 is 0 Å². The van der Waals surface area contributed by atoms with Gasteiger partial charge in [-0.05, 0) is 72.8 Å². The lowest BCUT2D eigenvalue weighted by molar-refractivity contribution is 1.16. The first-order valence-electron chi connectivity index (χ1n) is 13.3. The van der Waals surface area contributed by atoms with Crippen LogP contribution in [0.3, 0.4) is 0 Å². The van der Waals surface area contributed by atoms with Crippen molar-refractivity contribution >= 4 is 39.8 Å². The lowest BCUT2D eigenvalue weighted by atomic mass is 10.2. The molecule has 0 saturated heterocycles. The number of hydrogen-bond acceptors (Lipinski definition) is 4. The average molecular weight is 521 g/mol. The molecular weight excluding hydrogens is 488 g/mol. The van der Waals surface area contributed by atoms with Gasteiger partial charge in [0.05, 0.1) is 28.4 Å². The fraction of sp³-hybridized carbons (Fsp3) is 0. The predicted molar refractivity (Wildman–Crippen MR) is 171 cm³/mol. The summed E-state index contributed by atoms with van der Waals surface area (Å²) < 4.78 is 0. The van der Waals surface area contributed by atoms with E-state index in [9.17, 15) is 0 Å². The molecule has 196 valence electrons. The third-order valence-electron chi connectivity index (χ3n) is 6.08. The molecule has 0 aliphatic rings. The van der Waals surface area contributed by atoms with Gasteiger partial charge in [0.2, 0.25) is 0 Å². The summed E-state index contributed by atoms with van der Waals surface area (Å²) in [6.07, 6.45) is 0. The standard InChI is InChI=1S/2C18H16N2/c1-4-10-16(11-5-1)19-20(17-12-6-2-7-13-17)18-14-8-3-9-15-18;1-3-9-15(10-4-1)19-17-13-7-8-14-18(17)20-16-11-5-2-6-12-16/h1-15,19H;1-14,19-20H. The van der Waals surface area contributed by atoms with Gasteiger partial charge < -0.3 is 10.6 Å². The molecule has 0 radical (unpaired) electrons. The van der Waals surface area contributed by atoms with Crippen molar-refractivity contribution in [1.82, 2.24) is 0 Å². The van der Waals surface area contributed by atoms with Gasteiger partial charge in [-0.1, -0.05) is 103 Å². The molecule has 0 unspecified atom stereocenters. The smallest absolute Gasteiger partial charge is 0.0630 e. The first-order chi connectivity index (χ1) is 19.8. The summed E-state index contributed by atoms with van der Waals surface area (Å²) in [6, 6.07) is 59.3. The maximum absolute atomic E-state index is 3.44. The van der Waals surface area contributed by atoms with Gasteiger partial charge in [0.15, 0.2) is 0 Å². The van der Waals surface area contributed by atoms with Crippen molar-refractivity contribution in [3.63, 3.8) is 0 Å². The molecule has 6 rings (SSSR count). The molecule has 4 heteroatoms. The van der Waals surface area contributed by atoms with Crippen molar-refractivity contribution in [1.29, 1.82) is 0 Å². The Morgan fingerprint density at radius 3 is 0.975 bits per heavy atom. The zero-order chi connectivity index (χ0) is 27.2. The highest BCUT2D eigenvalue weighted by molar-refractivity contribution is 5.78. The van der Waals surface area contributed by atoms with Crippen molar-refractivity contribution in [3.8, 4) is 0 Å². The lowest BCUT2D eigenvalue weighted by Gasteiger charge is -2.26. The first kappa shape index (κ1) is 26.1. The van der Waals surface area contributed by atoms with Crippen LogP contribution in [0.4, 0.5) is 39.8 Å². The van der Waals surface area contributed by atoms with Gasteiger partial charge in [-0.15, -0.1) is 0 Å². The highest BCUT2D eigenvalue weighted by Crippen LogP contribution is 2.28. The summed E-state index contributed by atoms with van der Waals surface area (Å²) in [5.74, 6) is 0. The number of anilines is 7. The van der Waals surface area contributed by atoms with E-state index >= 15 is 0 Å². The number of nitrogens with zero attached hydrogens (tertiary/aromatic N) is 1. The molecule has 0 saturated carbocycles. The topological polar surface area (TPSA) is 39.3 Å². The van der Waals surface area contributed by atoms with Crippen molar-refractivity contribution < 1.29 is 0 Å². The SMILES string of the molecule is c1ccc(NN(c2ccccc2)c2ccccc2)cc1.c1ccc(Nc2ccccc2Nc2ccccc2)cc1. The van der Waals surface area contributed by atoms with Crippen LogP contribution in [0.2, 0.25) is 0 Å². The lowest BCUT2D eigenvalue weighted by Crippen LogP contribution is -2.24. The van der Waals surface area contributed by atoms with E-state index in [1.165, 1.54) is 0 Å². The van der Waals surface area contributed by atoms with E-state index < -0.39 is 0 Å². The molecule has 40 heavy (non-hydrogen) atoms. The fourth-order valence-electron chi connectivity index (χ4n) is 4.13. The van der Waals surface area contributed by atoms with Crippen LogP contribution in [0.5, 0.6) is 0 Å². The molecule has 6 aromatic rings. The summed E-state index contributed by atoms with van der Waals surface area (Å²) in [6.45, 7) is 0. The predicted octanol–water partition coefficient (Wildman–Crippen LogP) is 10.0. The molecule has 0 aromatic heterocycles. The molecule has 3 N–H and O–H groups in total. The molecule has 0 atom stereocenters. The van der Waals surface area contributed by atoms with E-state index in [1.54, 1.807) is 0 Å². The Bertz CT molecular complexity index is 1440. The molecule has 0 bridgehead atoms. The normalized spacial score (nSPS) is 10.0. The van der Waals surface area contributed by atoms with Crippen LogP contribution in [0.15, 0.2) is 176 Å². The van der Waals surface area contributed by atoms with Gasteiger partial charge in [-0.3, -0.25) is 10.4 Å². The van der Waals surface area contributed by atoms with E-state index in [1.807, 2.05) is 103 Å². The van der Waals surface area contributed by atoms with E-state index in [4.69, 9.17) is 0 Å². The van der Waals surface area contributed by atoms with Gasteiger partial charge in [0, 0.05) is 11.4 Å². The molecule has 0 spiro atoms. The number of hydrazine groups is 1. The highest BCUT2D eigenvalue weighted by Gasteiger charge is 2.08. The number of nitrogens with one attached hydrogen (secondary N) is 3. The maximum atomic E-state index is 3.44. The van der Waals surface area contributed by atoms with E-state index in [2.05, 4.69) is 93.9 Å². The van der Waals surface area contributed by atoms with Crippen LogP contribution in [0.1, 0.15) is 0 Å². The van der Waals surface area contributed by atoms with E-state index in [0.717, 1.165) is 39.8 Å². The maximum Gasteiger partial charge on any atom is 0.0630 e.